The van der Waals surface area contributed by atoms with E-state index in [0.717, 1.165) is 23.5 Å². The molecular formula is C23H31NO3. The topological polar surface area (TPSA) is 47.6 Å². The third-order valence-electron chi connectivity index (χ3n) is 4.47. The third-order valence-corrected chi connectivity index (χ3v) is 4.47. The number of amides is 1. The summed E-state index contributed by atoms with van der Waals surface area (Å²) in [6.45, 7) is 10.2. The molecule has 0 spiro atoms. The normalized spacial score (nSPS) is 13.1. The Labute approximate surface area is 162 Å². The van der Waals surface area contributed by atoms with E-state index in [1.807, 2.05) is 63.2 Å². The molecule has 0 fully saturated rings. The fraction of sp³-hybridized carbons (Fsp3) is 0.435. The number of carbonyl (C=O) groups is 1. The SMILES string of the molecule is CCC(Oc1ccccc1C(C)CC)C(=O)Nc1cccc(OC(C)C)c1. The minimum absolute atomic E-state index is 0.0831. The molecule has 2 atom stereocenters. The highest BCUT2D eigenvalue weighted by atomic mass is 16.5. The van der Waals surface area contributed by atoms with Crippen LogP contribution in [0.25, 0.3) is 0 Å². The van der Waals surface area contributed by atoms with Crippen LogP contribution >= 0.6 is 0 Å². The fourth-order valence-electron chi connectivity index (χ4n) is 2.83. The first-order valence-corrected chi connectivity index (χ1v) is 9.77. The smallest absolute Gasteiger partial charge is 0.265 e. The van der Waals surface area contributed by atoms with Crippen LogP contribution in [0, 0.1) is 0 Å². The van der Waals surface area contributed by atoms with Gasteiger partial charge in [-0.3, -0.25) is 4.79 Å². The number of hydrogen-bond donors (Lipinski definition) is 1. The first kappa shape index (κ1) is 20.8. The van der Waals surface area contributed by atoms with Gasteiger partial charge in [-0.1, -0.05) is 45.0 Å². The van der Waals surface area contributed by atoms with Crippen molar-refractivity contribution in [2.24, 2.45) is 0 Å². The van der Waals surface area contributed by atoms with Crippen molar-refractivity contribution in [3.8, 4) is 11.5 Å². The largest absolute Gasteiger partial charge is 0.491 e. The van der Waals surface area contributed by atoms with Gasteiger partial charge in [-0.25, -0.2) is 0 Å². The maximum atomic E-state index is 12.8. The Morgan fingerprint density at radius 3 is 2.37 bits per heavy atom. The molecule has 4 nitrogen and oxygen atoms in total. The van der Waals surface area contributed by atoms with Crippen LogP contribution in [-0.2, 0) is 4.79 Å². The maximum Gasteiger partial charge on any atom is 0.265 e. The Bertz CT molecular complexity index is 742. The molecule has 0 saturated carbocycles. The van der Waals surface area contributed by atoms with Gasteiger partial charge < -0.3 is 14.8 Å². The van der Waals surface area contributed by atoms with Crippen molar-refractivity contribution in [2.45, 2.75) is 65.6 Å². The number of nitrogens with one attached hydrogen (secondary N) is 1. The predicted molar refractivity (Wildman–Crippen MR) is 111 cm³/mol. The molecule has 4 heteroatoms. The summed E-state index contributed by atoms with van der Waals surface area (Å²) < 4.78 is 11.8. The number of carbonyl (C=O) groups excluding carboxylic acids is 1. The molecule has 0 bridgehead atoms. The second kappa shape index (κ2) is 10.0. The Kier molecular flexibility index (Phi) is 7.71. The lowest BCUT2D eigenvalue weighted by Crippen LogP contribution is -2.32. The Morgan fingerprint density at radius 2 is 1.70 bits per heavy atom. The van der Waals surface area contributed by atoms with Crippen LogP contribution in [0.5, 0.6) is 11.5 Å². The molecule has 0 aliphatic rings. The minimum Gasteiger partial charge on any atom is -0.491 e. The summed E-state index contributed by atoms with van der Waals surface area (Å²) in [6.07, 6.45) is 1.14. The Morgan fingerprint density at radius 1 is 0.963 bits per heavy atom. The van der Waals surface area contributed by atoms with Crippen LogP contribution in [0.3, 0.4) is 0 Å². The van der Waals surface area contributed by atoms with Gasteiger partial charge in [0, 0.05) is 11.8 Å². The van der Waals surface area contributed by atoms with E-state index in [0.29, 0.717) is 18.0 Å². The van der Waals surface area contributed by atoms with Crippen molar-refractivity contribution < 1.29 is 14.3 Å². The summed E-state index contributed by atoms with van der Waals surface area (Å²) in [6, 6.07) is 15.4. The van der Waals surface area contributed by atoms with E-state index < -0.39 is 6.10 Å². The summed E-state index contributed by atoms with van der Waals surface area (Å²) in [5, 5.41) is 2.95. The molecule has 2 aromatic rings. The zero-order chi connectivity index (χ0) is 19.8. The third kappa shape index (κ3) is 6.02. The number of hydrogen-bond acceptors (Lipinski definition) is 3. The molecule has 1 N–H and O–H groups in total. The van der Waals surface area contributed by atoms with E-state index in [4.69, 9.17) is 9.47 Å². The van der Waals surface area contributed by atoms with Gasteiger partial charge >= 0.3 is 0 Å². The lowest BCUT2D eigenvalue weighted by molar-refractivity contribution is -0.122. The van der Waals surface area contributed by atoms with Crippen LogP contribution in [0.2, 0.25) is 0 Å². The lowest BCUT2D eigenvalue weighted by atomic mass is 9.98. The standard InChI is InChI=1S/C23H31NO3/c1-6-17(5)20-13-8-9-14-22(20)27-21(7-2)23(25)24-18-11-10-12-19(15-18)26-16(3)4/h8-17,21H,6-7H2,1-5H3,(H,24,25). The van der Waals surface area contributed by atoms with E-state index in [9.17, 15) is 4.79 Å². The average Bonchev–Trinajstić information content (AvgIpc) is 2.65. The fourth-order valence-corrected chi connectivity index (χ4v) is 2.83. The van der Waals surface area contributed by atoms with Crippen molar-refractivity contribution in [3.05, 3.63) is 54.1 Å². The van der Waals surface area contributed by atoms with Gasteiger partial charge in [-0.2, -0.15) is 0 Å². The Hall–Kier alpha value is -2.49. The number of rotatable bonds is 9. The average molecular weight is 370 g/mol. The lowest BCUT2D eigenvalue weighted by Gasteiger charge is -2.21. The molecule has 0 aliphatic carbocycles. The highest BCUT2D eigenvalue weighted by Gasteiger charge is 2.21. The minimum atomic E-state index is -0.551. The first-order valence-electron chi connectivity index (χ1n) is 9.77. The summed E-state index contributed by atoms with van der Waals surface area (Å²) in [5.41, 5.74) is 1.84. The van der Waals surface area contributed by atoms with Crippen molar-refractivity contribution in [1.29, 1.82) is 0 Å². The van der Waals surface area contributed by atoms with Crippen LogP contribution < -0.4 is 14.8 Å². The van der Waals surface area contributed by atoms with Crippen molar-refractivity contribution in [2.75, 3.05) is 5.32 Å². The molecule has 27 heavy (non-hydrogen) atoms. The summed E-state index contributed by atoms with van der Waals surface area (Å²) in [5.74, 6) is 1.74. The number of para-hydroxylation sites is 1. The van der Waals surface area contributed by atoms with Gasteiger partial charge in [0.1, 0.15) is 11.5 Å². The van der Waals surface area contributed by atoms with E-state index >= 15 is 0 Å². The zero-order valence-electron chi connectivity index (χ0n) is 17.0. The second-order valence-corrected chi connectivity index (χ2v) is 7.05. The molecule has 1 amide bonds. The monoisotopic (exact) mass is 369 g/mol. The molecule has 0 aliphatic heterocycles. The quantitative estimate of drug-likeness (QED) is 0.609. The molecule has 0 aromatic heterocycles. The van der Waals surface area contributed by atoms with Gasteiger partial charge in [0.2, 0.25) is 0 Å². The number of ether oxygens (including phenoxy) is 2. The molecule has 0 heterocycles. The van der Waals surface area contributed by atoms with Crippen LogP contribution in [-0.4, -0.2) is 18.1 Å². The predicted octanol–water partition coefficient (Wildman–Crippen LogP) is 5.78. The molecule has 2 unspecified atom stereocenters. The van der Waals surface area contributed by atoms with Gasteiger partial charge in [0.15, 0.2) is 6.10 Å². The molecule has 0 saturated heterocycles. The van der Waals surface area contributed by atoms with Gasteiger partial charge in [0.05, 0.1) is 6.10 Å². The first-order chi connectivity index (χ1) is 12.9. The number of benzene rings is 2. The van der Waals surface area contributed by atoms with Crippen LogP contribution in [0.15, 0.2) is 48.5 Å². The van der Waals surface area contributed by atoms with Gasteiger partial charge in [0.25, 0.3) is 5.91 Å². The zero-order valence-corrected chi connectivity index (χ0v) is 17.0. The summed E-state index contributed by atoms with van der Waals surface area (Å²) in [4.78, 5) is 12.8. The van der Waals surface area contributed by atoms with Crippen molar-refractivity contribution >= 4 is 11.6 Å². The number of anilines is 1. The summed E-state index contributed by atoms with van der Waals surface area (Å²) >= 11 is 0. The molecule has 2 aromatic carbocycles. The van der Waals surface area contributed by atoms with E-state index in [2.05, 4.69) is 25.2 Å². The van der Waals surface area contributed by atoms with Gasteiger partial charge in [-0.05, 0) is 56.4 Å². The Balaban J connectivity index is 2.11. The molecule has 0 radical (unpaired) electrons. The van der Waals surface area contributed by atoms with E-state index in [-0.39, 0.29) is 12.0 Å². The van der Waals surface area contributed by atoms with Crippen LogP contribution in [0.4, 0.5) is 5.69 Å². The molecule has 2 rings (SSSR count). The van der Waals surface area contributed by atoms with E-state index in [1.54, 1.807) is 0 Å². The van der Waals surface area contributed by atoms with Gasteiger partial charge in [-0.15, -0.1) is 0 Å². The van der Waals surface area contributed by atoms with Crippen LogP contribution in [0.1, 0.15) is 58.9 Å². The van der Waals surface area contributed by atoms with Crippen molar-refractivity contribution in [3.63, 3.8) is 0 Å². The highest BCUT2D eigenvalue weighted by molar-refractivity contribution is 5.94. The highest BCUT2D eigenvalue weighted by Crippen LogP contribution is 2.29. The van der Waals surface area contributed by atoms with E-state index in [1.165, 1.54) is 0 Å². The van der Waals surface area contributed by atoms with Crippen molar-refractivity contribution in [1.82, 2.24) is 0 Å². The maximum absolute atomic E-state index is 12.8. The summed E-state index contributed by atoms with van der Waals surface area (Å²) in [7, 11) is 0. The molecule has 146 valence electrons. The second-order valence-electron chi connectivity index (χ2n) is 7.05. The molecular weight excluding hydrogens is 338 g/mol.